The first-order valence-electron chi connectivity index (χ1n) is 6.60. The third-order valence-electron chi connectivity index (χ3n) is 4.33. The van der Waals surface area contributed by atoms with Gasteiger partial charge >= 0.3 is 0 Å². The molecule has 0 amide bonds. The van der Waals surface area contributed by atoms with Crippen LogP contribution in [0.2, 0.25) is 0 Å². The van der Waals surface area contributed by atoms with Crippen molar-refractivity contribution in [2.75, 3.05) is 18.4 Å². The van der Waals surface area contributed by atoms with Crippen LogP contribution in [0.5, 0.6) is 0 Å². The van der Waals surface area contributed by atoms with E-state index in [0.717, 1.165) is 13.1 Å². The molecule has 1 aromatic rings. The molecule has 2 nitrogen and oxygen atoms in total. The molecule has 0 radical (unpaired) electrons. The second-order valence-electron chi connectivity index (χ2n) is 5.60. The van der Waals surface area contributed by atoms with Gasteiger partial charge < -0.3 is 10.6 Å². The average molecular weight is 313 g/mol. The van der Waals surface area contributed by atoms with Crippen LogP contribution in [-0.4, -0.2) is 19.1 Å². The number of anilines is 1. The molecule has 4 heteroatoms. The molecular weight excluding hydrogens is 295 g/mol. The number of hydrogen-bond acceptors (Lipinski definition) is 2. The highest BCUT2D eigenvalue weighted by Crippen LogP contribution is 2.49. The summed E-state index contributed by atoms with van der Waals surface area (Å²) >= 11 is 3.22. The third kappa shape index (κ3) is 2.28. The van der Waals surface area contributed by atoms with E-state index in [2.05, 4.69) is 26.6 Å². The Morgan fingerprint density at radius 1 is 1.28 bits per heavy atom. The number of benzene rings is 1. The van der Waals surface area contributed by atoms with Crippen LogP contribution in [0.1, 0.15) is 25.7 Å². The van der Waals surface area contributed by atoms with E-state index >= 15 is 0 Å². The zero-order chi connectivity index (χ0) is 12.6. The van der Waals surface area contributed by atoms with Gasteiger partial charge in [-0.1, -0.05) is 6.07 Å². The van der Waals surface area contributed by atoms with E-state index in [1.54, 1.807) is 6.07 Å². The average Bonchev–Trinajstić information content (AvgIpc) is 2.34. The van der Waals surface area contributed by atoms with Crippen LogP contribution in [0.15, 0.2) is 22.7 Å². The molecule has 0 aromatic heterocycles. The summed E-state index contributed by atoms with van der Waals surface area (Å²) in [5.74, 6) is -0.177. The molecule has 1 aliphatic carbocycles. The summed E-state index contributed by atoms with van der Waals surface area (Å²) in [4.78, 5) is 0. The lowest BCUT2D eigenvalue weighted by molar-refractivity contribution is 0.0717. The zero-order valence-corrected chi connectivity index (χ0v) is 11.9. The fraction of sp³-hybridized carbons (Fsp3) is 0.571. The molecule has 2 aliphatic rings. The summed E-state index contributed by atoms with van der Waals surface area (Å²) in [6, 6.07) is 5.85. The van der Waals surface area contributed by atoms with E-state index in [-0.39, 0.29) is 5.82 Å². The predicted octanol–water partition coefficient (Wildman–Crippen LogP) is 3.53. The van der Waals surface area contributed by atoms with Gasteiger partial charge in [0.25, 0.3) is 0 Å². The van der Waals surface area contributed by atoms with Crippen molar-refractivity contribution in [3.05, 3.63) is 28.5 Å². The molecule has 1 heterocycles. The topological polar surface area (TPSA) is 24.1 Å². The number of nitrogens with one attached hydrogen (secondary N) is 2. The molecule has 98 valence electrons. The van der Waals surface area contributed by atoms with Crippen LogP contribution >= 0.6 is 15.9 Å². The number of rotatable bonds is 2. The third-order valence-corrected chi connectivity index (χ3v) is 4.95. The van der Waals surface area contributed by atoms with Crippen LogP contribution in [0, 0.1) is 11.2 Å². The van der Waals surface area contributed by atoms with Gasteiger partial charge in [0.15, 0.2) is 5.82 Å². The van der Waals surface area contributed by atoms with Gasteiger partial charge in [0, 0.05) is 6.04 Å². The van der Waals surface area contributed by atoms with Gasteiger partial charge in [-0.05, 0) is 72.3 Å². The Morgan fingerprint density at radius 2 is 2.00 bits per heavy atom. The van der Waals surface area contributed by atoms with E-state index in [1.807, 2.05) is 12.1 Å². The quantitative estimate of drug-likeness (QED) is 0.873. The molecule has 3 rings (SSSR count). The highest BCUT2D eigenvalue weighted by atomic mass is 79.9. The lowest BCUT2D eigenvalue weighted by Gasteiger charge is -2.50. The lowest BCUT2D eigenvalue weighted by atomic mass is 9.60. The van der Waals surface area contributed by atoms with Crippen LogP contribution in [0.4, 0.5) is 10.1 Å². The first kappa shape index (κ1) is 12.4. The number of halogens is 2. The number of hydrogen-bond donors (Lipinski definition) is 2. The van der Waals surface area contributed by atoms with Crippen molar-refractivity contribution in [3.63, 3.8) is 0 Å². The van der Waals surface area contributed by atoms with Gasteiger partial charge in [-0.2, -0.15) is 0 Å². The highest BCUT2D eigenvalue weighted by molar-refractivity contribution is 9.10. The van der Waals surface area contributed by atoms with E-state index < -0.39 is 0 Å². The fourth-order valence-corrected chi connectivity index (χ4v) is 3.65. The van der Waals surface area contributed by atoms with Crippen molar-refractivity contribution in [3.8, 4) is 0 Å². The van der Waals surface area contributed by atoms with Crippen molar-refractivity contribution in [2.24, 2.45) is 5.41 Å². The summed E-state index contributed by atoms with van der Waals surface area (Å²) < 4.78 is 14.4. The second kappa shape index (κ2) is 4.82. The predicted molar refractivity (Wildman–Crippen MR) is 75.3 cm³/mol. The van der Waals surface area contributed by atoms with Gasteiger partial charge in [-0.15, -0.1) is 0 Å². The van der Waals surface area contributed by atoms with Crippen molar-refractivity contribution in [2.45, 2.75) is 31.7 Å². The summed E-state index contributed by atoms with van der Waals surface area (Å²) in [6.07, 6.45) is 4.90. The Balaban J connectivity index is 1.61. The van der Waals surface area contributed by atoms with Crippen molar-refractivity contribution in [1.82, 2.24) is 5.32 Å². The molecule has 0 unspecified atom stereocenters. The Morgan fingerprint density at radius 3 is 2.72 bits per heavy atom. The first-order chi connectivity index (χ1) is 8.69. The van der Waals surface area contributed by atoms with Gasteiger partial charge in [-0.3, -0.25) is 0 Å². The normalized spacial score (nSPS) is 22.8. The Labute approximate surface area is 115 Å². The maximum atomic E-state index is 13.8. The molecule has 1 saturated carbocycles. The molecular formula is C14H18BrFN2. The summed E-state index contributed by atoms with van der Waals surface area (Å²) in [7, 11) is 0. The van der Waals surface area contributed by atoms with Gasteiger partial charge in [-0.25, -0.2) is 4.39 Å². The second-order valence-corrected chi connectivity index (χ2v) is 6.46. The van der Waals surface area contributed by atoms with Crippen LogP contribution < -0.4 is 10.6 Å². The van der Waals surface area contributed by atoms with E-state index in [4.69, 9.17) is 0 Å². The van der Waals surface area contributed by atoms with Crippen LogP contribution in [0.25, 0.3) is 0 Å². The van der Waals surface area contributed by atoms with E-state index in [9.17, 15) is 4.39 Å². The SMILES string of the molecule is Fc1c(Br)cccc1NC1CC2(CCNCC2)C1. The summed E-state index contributed by atoms with van der Waals surface area (Å²) in [6.45, 7) is 2.27. The molecule has 1 aliphatic heterocycles. The Bertz CT molecular complexity index is 435. The van der Waals surface area contributed by atoms with Crippen molar-refractivity contribution >= 4 is 21.6 Å². The summed E-state index contributed by atoms with van der Waals surface area (Å²) in [5, 5.41) is 6.74. The number of piperidine rings is 1. The molecule has 1 spiro atoms. The highest BCUT2D eigenvalue weighted by Gasteiger charge is 2.44. The van der Waals surface area contributed by atoms with Gasteiger partial charge in [0.05, 0.1) is 10.2 Å². The maximum Gasteiger partial charge on any atom is 0.160 e. The van der Waals surface area contributed by atoms with Crippen molar-refractivity contribution < 1.29 is 4.39 Å². The fourth-order valence-electron chi connectivity index (χ4n) is 3.29. The first-order valence-corrected chi connectivity index (χ1v) is 7.39. The molecule has 1 aromatic carbocycles. The molecule has 0 atom stereocenters. The van der Waals surface area contributed by atoms with Crippen LogP contribution in [-0.2, 0) is 0 Å². The monoisotopic (exact) mass is 312 g/mol. The molecule has 2 fully saturated rings. The minimum Gasteiger partial charge on any atom is -0.380 e. The zero-order valence-electron chi connectivity index (χ0n) is 10.3. The van der Waals surface area contributed by atoms with Crippen LogP contribution in [0.3, 0.4) is 0 Å². The minimum absolute atomic E-state index is 0.177. The lowest BCUT2D eigenvalue weighted by Crippen LogP contribution is -2.50. The molecule has 18 heavy (non-hydrogen) atoms. The molecule has 0 bridgehead atoms. The standard InChI is InChI=1S/C14H18BrFN2/c15-11-2-1-3-12(13(11)16)18-10-8-14(9-10)4-6-17-7-5-14/h1-3,10,17-18H,4-9H2. The summed E-state index contributed by atoms with van der Waals surface area (Å²) in [5.41, 5.74) is 1.16. The minimum atomic E-state index is -0.177. The van der Waals surface area contributed by atoms with Gasteiger partial charge in [0.1, 0.15) is 0 Å². The van der Waals surface area contributed by atoms with Gasteiger partial charge in [0.2, 0.25) is 0 Å². The molecule has 2 N–H and O–H groups in total. The smallest absolute Gasteiger partial charge is 0.160 e. The van der Waals surface area contributed by atoms with Crippen molar-refractivity contribution in [1.29, 1.82) is 0 Å². The largest absolute Gasteiger partial charge is 0.380 e. The maximum absolute atomic E-state index is 13.8. The Kier molecular flexibility index (Phi) is 3.32. The van der Waals surface area contributed by atoms with E-state index in [1.165, 1.54) is 25.7 Å². The molecule has 1 saturated heterocycles. The van der Waals surface area contributed by atoms with E-state index in [0.29, 0.717) is 21.6 Å². The Hall–Kier alpha value is -0.610.